The molecule has 0 aliphatic rings. The summed E-state index contributed by atoms with van der Waals surface area (Å²) in [6.07, 6.45) is 2.90. The molecule has 0 radical (unpaired) electrons. The van der Waals surface area contributed by atoms with Crippen LogP contribution in [0.1, 0.15) is 0 Å². The lowest BCUT2D eigenvalue weighted by atomic mass is 10.4. The van der Waals surface area contributed by atoms with Crippen molar-refractivity contribution in [2.24, 2.45) is 0 Å². The van der Waals surface area contributed by atoms with Gasteiger partial charge in [-0.2, -0.15) is 0 Å². The average Bonchev–Trinajstić information content (AvgIpc) is 2.48. The van der Waals surface area contributed by atoms with Crippen LogP contribution in [0.3, 0.4) is 0 Å². The standard InChI is InChI=1S/C13H15N3O4S2/c1-16(2)22(19,20)13-5-3-4-12(10-13)21(17,18)15-11-6-8-14-9-7-11/h3-10H,1-2H3,(H,14,15). The van der Waals surface area contributed by atoms with Crippen molar-refractivity contribution in [3.05, 3.63) is 48.8 Å². The monoisotopic (exact) mass is 341 g/mol. The Bertz CT molecular complexity index is 863. The summed E-state index contributed by atoms with van der Waals surface area (Å²) in [6, 6.07) is 8.19. The molecule has 0 fully saturated rings. The maximum Gasteiger partial charge on any atom is 0.261 e. The topological polar surface area (TPSA) is 96.4 Å². The summed E-state index contributed by atoms with van der Waals surface area (Å²) in [6.45, 7) is 0. The summed E-state index contributed by atoms with van der Waals surface area (Å²) < 4.78 is 52.2. The first-order valence-corrected chi connectivity index (χ1v) is 9.11. The molecule has 9 heteroatoms. The molecule has 0 unspecified atom stereocenters. The Kier molecular flexibility index (Phi) is 4.50. The van der Waals surface area contributed by atoms with Crippen molar-refractivity contribution >= 4 is 25.7 Å². The molecular formula is C13H15N3O4S2. The van der Waals surface area contributed by atoms with Crippen LogP contribution in [-0.2, 0) is 20.0 Å². The molecule has 1 aromatic carbocycles. The zero-order chi connectivity index (χ0) is 16.4. The van der Waals surface area contributed by atoms with Crippen LogP contribution >= 0.6 is 0 Å². The van der Waals surface area contributed by atoms with Gasteiger partial charge in [0.25, 0.3) is 10.0 Å². The minimum absolute atomic E-state index is 0.0879. The molecule has 118 valence electrons. The van der Waals surface area contributed by atoms with Crippen LogP contribution in [0.5, 0.6) is 0 Å². The van der Waals surface area contributed by atoms with Gasteiger partial charge in [-0.25, -0.2) is 21.1 Å². The molecule has 7 nitrogen and oxygen atoms in total. The largest absolute Gasteiger partial charge is 0.280 e. The molecule has 2 aromatic rings. The average molecular weight is 341 g/mol. The smallest absolute Gasteiger partial charge is 0.261 e. The SMILES string of the molecule is CN(C)S(=O)(=O)c1cccc(S(=O)(=O)Nc2ccncc2)c1. The molecule has 0 aliphatic heterocycles. The van der Waals surface area contributed by atoms with Gasteiger partial charge in [0.1, 0.15) is 0 Å². The van der Waals surface area contributed by atoms with Gasteiger partial charge >= 0.3 is 0 Å². The normalized spacial score (nSPS) is 12.3. The van der Waals surface area contributed by atoms with E-state index in [1.807, 2.05) is 0 Å². The van der Waals surface area contributed by atoms with Gasteiger partial charge in [0.2, 0.25) is 10.0 Å². The third kappa shape index (κ3) is 3.43. The Morgan fingerprint density at radius 1 is 0.955 bits per heavy atom. The molecule has 0 atom stereocenters. The van der Waals surface area contributed by atoms with Gasteiger partial charge < -0.3 is 0 Å². The van der Waals surface area contributed by atoms with Crippen LogP contribution in [0.25, 0.3) is 0 Å². The Hall–Kier alpha value is -1.97. The highest BCUT2D eigenvalue weighted by atomic mass is 32.2. The van der Waals surface area contributed by atoms with E-state index >= 15 is 0 Å². The number of hydrogen-bond donors (Lipinski definition) is 1. The number of nitrogens with one attached hydrogen (secondary N) is 1. The number of aromatic nitrogens is 1. The third-order valence-corrected chi connectivity index (χ3v) is 6.02. The van der Waals surface area contributed by atoms with Crippen molar-refractivity contribution in [3.63, 3.8) is 0 Å². The summed E-state index contributed by atoms with van der Waals surface area (Å²) in [4.78, 5) is 3.57. The van der Waals surface area contributed by atoms with Crippen molar-refractivity contribution < 1.29 is 16.8 Å². The Morgan fingerprint density at radius 3 is 2.14 bits per heavy atom. The highest BCUT2D eigenvalue weighted by Gasteiger charge is 2.21. The van der Waals surface area contributed by atoms with Gasteiger partial charge in [0.05, 0.1) is 15.5 Å². The number of sulfonamides is 2. The van der Waals surface area contributed by atoms with Gasteiger partial charge in [-0.3, -0.25) is 9.71 Å². The fourth-order valence-corrected chi connectivity index (χ4v) is 3.77. The van der Waals surface area contributed by atoms with Gasteiger partial charge in [0.15, 0.2) is 0 Å². The number of benzene rings is 1. The van der Waals surface area contributed by atoms with Crippen molar-refractivity contribution in [1.29, 1.82) is 0 Å². The van der Waals surface area contributed by atoms with Gasteiger partial charge in [0, 0.05) is 26.5 Å². The van der Waals surface area contributed by atoms with E-state index in [2.05, 4.69) is 9.71 Å². The molecule has 0 aliphatic carbocycles. The first-order chi connectivity index (χ1) is 10.2. The van der Waals surface area contributed by atoms with E-state index in [0.29, 0.717) is 5.69 Å². The Balaban J connectivity index is 2.41. The second-order valence-electron chi connectivity index (χ2n) is 4.60. The molecule has 1 N–H and O–H groups in total. The highest BCUT2D eigenvalue weighted by Crippen LogP contribution is 2.20. The van der Waals surface area contributed by atoms with Crippen molar-refractivity contribution in [2.45, 2.75) is 9.79 Å². The maximum atomic E-state index is 12.3. The lowest BCUT2D eigenvalue weighted by Crippen LogP contribution is -2.22. The van der Waals surface area contributed by atoms with E-state index in [1.165, 1.54) is 56.8 Å². The second kappa shape index (κ2) is 6.03. The maximum absolute atomic E-state index is 12.3. The lowest BCUT2D eigenvalue weighted by molar-refractivity contribution is 0.520. The lowest BCUT2D eigenvalue weighted by Gasteiger charge is -2.13. The quantitative estimate of drug-likeness (QED) is 0.879. The number of anilines is 1. The van der Waals surface area contributed by atoms with Crippen LogP contribution in [0.4, 0.5) is 5.69 Å². The Labute approximate surface area is 129 Å². The van der Waals surface area contributed by atoms with Gasteiger partial charge in [-0.05, 0) is 30.3 Å². The first-order valence-electron chi connectivity index (χ1n) is 6.19. The van der Waals surface area contributed by atoms with Crippen molar-refractivity contribution in [2.75, 3.05) is 18.8 Å². The minimum atomic E-state index is -3.88. The molecule has 1 aromatic heterocycles. The van der Waals surface area contributed by atoms with Crippen molar-refractivity contribution in [3.8, 4) is 0 Å². The van der Waals surface area contributed by atoms with Crippen LogP contribution in [0.2, 0.25) is 0 Å². The van der Waals surface area contributed by atoms with Crippen LogP contribution in [-0.4, -0.2) is 40.2 Å². The molecule has 0 saturated carbocycles. The summed E-state index contributed by atoms with van der Waals surface area (Å²) in [5, 5.41) is 0. The molecule has 1 heterocycles. The minimum Gasteiger partial charge on any atom is -0.280 e. The highest BCUT2D eigenvalue weighted by molar-refractivity contribution is 7.93. The molecule has 0 saturated heterocycles. The van der Waals surface area contributed by atoms with E-state index < -0.39 is 20.0 Å². The molecule has 0 spiro atoms. The molecule has 0 amide bonds. The first kappa shape index (κ1) is 16.4. The van der Waals surface area contributed by atoms with Crippen LogP contribution < -0.4 is 4.72 Å². The summed E-state index contributed by atoms with van der Waals surface area (Å²) in [5.74, 6) is 0. The van der Waals surface area contributed by atoms with Gasteiger partial charge in [-0.1, -0.05) is 6.07 Å². The summed E-state index contributed by atoms with van der Waals surface area (Å²) in [7, 11) is -4.82. The summed E-state index contributed by atoms with van der Waals surface area (Å²) in [5.41, 5.74) is 0.343. The number of rotatable bonds is 5. The predicted molar refractivity (Wildman–Crippen MR) is 82.4 cm³/mol. The number of hydrogen-bond acceptors (Lipinski definition) is 5. The van der Waals surface area contributed by atoms with E-state index in [1.54, 1.807) is 0 Å². The fourth-order valence-electron chi connectivity index (χ4n) is 1.65. The summed E-state index contributed by atoms with van der Waals surface area (Å²) >= 11 is 0. The zero-order valence-corrected chi connectivity index (χ0v) is 13.6. The molecule has 0 bridgehead atoms. The molecule has 22 heavy (non-hydrogen) atoms. The third-order valence-electron chi connectivity index (χ3n) is 2.83. The van der Waals surface area contributed by atoms with Gasteiger partial charge in [-0.15, -0.1) is 0 Å². The fraction of sp³-hybridized carbons (Fsp3) is 0.154. The van der Waals surface area contributed by atoms with E-state index in [4.69, 9.17) is 0 Å². The van der Waals surface area contributed by atoms with E-state index in [-0.39, 0.29) is 9.79 Å². The Morgan fingerprint density at radius 2 is 1.55 bits per heavy atom. The predicted octanol–water partition coefficient (Wildman–Crippen LogP) is 1.13. The van der Waals surface area contributed by atoms with E-state index in [0.717, 1.165) is 10.4 Å². The zero-order valence-electron chi connectivity index (χ0n) is 12.0. The number of pyridine rings is 1. The molecular weight excluding hydrogens is 326 g/mol. The number of nitrogens with zero attached hydrogens (tertiary/aromatic N) is 2. The van der Waals surface area contributed by atoms with Crippen LogP contribution in [0.15, 0.2) is 58.6 Å². The van der Waals surface area contributed by atoms with Crippen molar-refractivity contribution in [1.82, 2.24) is 9.29 Å². The second-order valence-corrected chi connectivity index (χ2v) is 8.44. The van der Waals surface area contributed by atoms with E-state index in [9.17, 15) is 16.8 Å². The molecule has 2 rings (SSSR count). The van der Waals surface area contributed by atoms with Crippen LogP contribution in [0, 0.1) is 0 Å².